The number of benzene rings is 1. The Labute approximate surface area is 156 Å². The molecule has 1 aliphatic rings. The standard InChI is InChI=1S/C20H25F3N2O2/c1-2-3-11-18(26)17-10-6-7-12-24(17)25-16-9-5-4-8-14(16)15(13-19(25)27)20(21,22)23/h4-5,8-9,13,17-18,26H,2-3,6-7,10-12H2,1H3/t17-,18-/m1/s1. The summed E-state index contributed by atoms with van der Waals surface area (Å²) in [5.74, 6) is 0. The number of fused-ring (bicyclic) bond motifs is 1. The second kappa shape index (κ2) is 7.92. The molecule has 1 saturated heterocycles. The normalized spacial score (nSPS) is 19.4. The maximum Gasteiger partial charge on any atom is 0.417 e. The molecule has 1 N–H and O–H groups in total. The molecule has 0 unspecified atom stereocenters. The van der Waals surface area contributed by atoms with Crippen LogP contribution in [0.15, 0.2) is 35.1 Å². The van der Waals surface area contributed by atoms with Gasteiger partial charge in [0.05, 0.1) is 23.2 Å². The second-order valence-corrected chi connectivity index (χ2v) is 7.16. The van der Waals surface area contributed by atoms with Crippen LogP contribution in [0.1, 0.15) is 51.0 Å². The van der Waals surface area contributed by atoms with Gasteiger partial charge in [0.1, 0.15) is 0 Å². The summed E-state index contributed by atoms with van der Waals surface area (Å²) in [5, 5.41) is 12.4. The molecule has 2 aromatic rings. The van der Waals surface area contributed by atoms with Gasteiger partial charge in [0.2, 0.25) is 0 Å². The molecule has 1 fully saturated rings. The number of hydrogen-bond acceptors (Lipinski definition) is 3. The van der Waals surface area contributed by atoms with Gasteiger partial charge >= 0.3 is 6.18 Å². The molecule has 7 heteroatoms. The second-order valence-electron chi connectivity index (χ2n) is 7.16. The lowest BCUT2D eigenvalue weighted by atomic mass is 9.95. The number of unbranched alkanes of at least 4 members (excludes halogenated alkanes) is 1. The third-order valence-corrected chi connectivity index (χ3v) is 5.28. The van der Waals surface area contributed by atoms with E-state index in [1.54, 1.807) is 11.1 Å². The fraction of sp³-hybridized carbons (Fsp3) is 0.550. The largest absolute Gasteiger partial charge is 0.417 e. The van der Waals surface area contributed by atoms with Crippen LogP contribution in [0, 0.1) is 0 Å². The monoisotopic (exact) mass is 382 g/mol. The van der Waals surface area contributed by atoms with Crippen LogP contribution in [-0.2, 0) is 6.18 Å². The highest BCUT2D eigenvalue weighted by Gasteiger charge is 2.36. The lowest BCUT2D eigenvalue weighted by molar-refractivity contribution is -0.136. The van der Waals surface area contributed by atoms with Crippen molar-refractivity contribution in [2.45, 2.75) is 63.8 Å². The number of aliphatic hydroxyl groups excluding tert-OH is 1. The van der Waals surface area contributed by atoms with E-state index in [2.05, 4.69) is 0 Å². The van der Waals surface area contributed by atoms with Gasteiger partial charge in [-0.25, -0.2) is 4.68 Å². The van der Waals surface area contributed by atoms with Crippen LogP contribution in [0.25, 0.3) is 10.9 Å². The summed E-state index contributed by atoms with van der Waals surface area (Å²) in [4.78, 5) is 12.7. The molecular weight excluding hydrogens is 357 g/mol. The molecule has 0 spiro atoms. The third kappa shape index (κ3) is 3.98. The molecular formula is C20H25F3N2O2. The molecule has 2 atom stereocenters. The third-order valence-electron chi connectivity index (χ3n) is 5.28. The zero-order valence-corrected chi connectivity index (χ0v) is 15.4. The van der Waals surface area contributed by atoms with E-state index in [-0.39, 0.29) is 16.9 Å². The summed E-state index contributed by atoms with van der Waals surface area (Å²) >= 11 is 0. The zero-order valence-electron chi connectivity index (χ0n) is 15.4. The number of hydrogen-bond donors (Lipinski definition) is 1. The van der Waals surface area contributed by atoms with E-state index in [9.17, 15) is 23.1 Å². The minimum Gasteiger partial charge on any atom is -0.391 e. The fourth-order valence-corrected chi connectivity index (χ4v) is 3.95. The van der Waals surface area contributed by atoms with Gasteiger partial charge in [0.15, 0.2) is 0 Å². The van der Waals surface area contributed by atoms with Gasteiger partial charge in [-0.3, -0.25) is 4.79 Å². The summed E-state index contributed by atoms with van der Waals surface area (Å²) in [6.45, 7) is 2.57. The molecule has 0 radical (unpaired) electrons. The summed E-state index contributed by atoms with van der Waals surface area (Å²) in [6, 6.07) is 6.49. The number of piperidine rings is 1. The Morgan fingerprint density at radius 2 is 2.00 bits per heavy atom. The molecule has 1 aromatic carbocycles. The Bertz CT molecular complexity index is 847. The first kappa shape index (κ1) is 19.7. The average molecular weight is 382 g/mol. The summed E-state index contributed by atoms with van der Waals surface area (Å²) in [5.41, 5.74) is -1.40. The van der Waals surface area contributed by atoms with Crippen LogP contribution in [0.2, 0.25) is 0 Å². The van der Waals surface area contributed by atoms with Crippen molar-refractivity contribution < 1.29 is 18.3 Å². The van der Waals surface area contributed by atoms with E-state index < -0.39 is 23.4 Å². The molecule has 0 saturated carbocycles. The maximum atomic E-state index is 13.4. The van der Waals surface area contributed by atoms with Gasteiger partial charge in [0.25, 0.3) is 5.56 Å². The van der Waals surface area contributed by atoms with Crippen LogP contribution >= 0.6 is 0 Å². The SMILES string of the molecule is CCCC[C@@H](O)[C@H]1CCCCN1n1c(=O)cc(C(F)(F)F)c2ccccc21. The molecule has 1 aliphatic heterocycles. The number of para-hydroxylation sites is 1. The highest BCUT2D eigenvalue weighted by molar-refractivity contribution is 5.83. The number of rotatable bonds is 5. The van der Waals surface area contributed by atoms with E-state index in [1.807, 2.05) is 6.92 Å². The zero-order chi connectivity index (χ0) is 19.6. The molecule has 1 aromatic heterocycles. The van der Waals surface area contributed by atoms with Gasteiger partial charge in [-0.05, 0) is 31.7 Å². The number of aliphatic hydroxyl groups is 1. The number of pyridine rings is 1. The molecule has 0 amide bonds. The highest BCUT2D eigenvalue weighted by Crippen LogP contribution is 2.34. The number of nitrogens with zero attached hydrogens (tertiary/aromatic N) is 2. The smallest absolute Gasteiger partial charge is 0.391 e. The maximum absolute atomic E-state index is 13.4. The Balaban J connectivity index is 2.12. The summed E-state index contributed by atoms with van der Waals surface area (Å²) < 4.78 is 41.6. The lowest BCUT2D eigenvalue weighted by Crippen LogP contribution is -2.56. The Morgan fingerprint density at radius 3 is 2.70 bits per heavy atom. The highest BCUT2D eigenvalue weighted by atomic mass is 19.4. The van der Waals surface area contributed by atoms with Gasteiger partial charge in [-0.1, -0.05) is 38.0 Å². The van der Waals surface area contributed by atoms with Crippen LogP contribution in [0.3, 0.4) is 0 Å². The van der Waals surface area contributed by atoms with Crippen LogP contribution in [0.5, 0.6) is 0 Å². The summed E-state index contributed by atoms with van der Waals surface area (Å²) in [7, 11) is 0. The predicted molar refractivity (Wildman–Crippen MR) is 99.5 cm³/mol. The Kier molecular flexibility index (Phi) is 5.79. The molecule has 0 bridgehead atoms. The topological polar surface area (TPSA) is 45.5 Å². The van der Waals surface area contributed by atoms with Crippen LogP contribution in [-0.4, -0.2) is 28.5 Å². The van der Waals surface area contributed by atoms with Crippen molar-refractivity contribution in [3.05, 3.63) is 46.2 Å². The van der Waals surface area contributed by atoms with Gasteiger partial charge in [0, 0.05) is 18.0 Å². The van der Waals surface area contributed by atoms with Gasteiger partial charge < -0.3 is 10.1 Å². The van der Waals surface area contributed by atoms with E-state index in [1.165, 1.54) is 22.9 Å². The Morgan fingerprint density at radius 1 is 1.26 bits per heavy atom. The first-order valence-electron chi connectivity index (χ1n) is 9.51. The number of alkyl halides is 3. The van der Waals surface area contributed by atoms with E-state index in [0.717, 1.165) is 25.7 Å². The van der Waals surface area contributed by atoms with Crippen molar-refractivity contribution >= 4 is 10.9 Å². The lowest BCUT2D eigenvalue weighted by Gasteiger charge is -2.41. The van der Waals surface area contributed by atoms with E-state index in [0.29, 0.717) is 25.5 Å². The molecule has 0 aliphatic carbocycles. The van der Waals surface area contributed by atoms with E-state index >= 15 is 0 Å². The van der Waals surface area contributed by atoms with Gasteiger partial charge in [-0.15, -0.1) is 0 Å². The first-order valence-corrected chi connectivity index (χ1v) is 9.51. The molecule has 4 nitrogen and oxygen atoms in total. The summed E-state index contributed by atoms with van der Waals surface area (Å²) in [6.07, 6.45) is -0.298. The first-order chi connectivity index (χ1) is 12.8. The van der Waals surface area contributed by atoms with Crippen molar-refractivity contribution in [3.63, 3.8) is 0 Å². The minimum atomic E-state index is -4.60. The van der Waals surface area contributed by atoms with Crippen molar-refractivity contribution in [2.24, 2.45) is 0 Å². The number of aromatic nitrogens is 1. The van der Waals surface area contributed by atoms with Crippen molar-refractivity contribution in [1.82, 2.24) is 4.68 Å². The van der Waals surface area contributed by atoms with Crippen LogP contribution in [0.4, 0.5) is 13.2 Å². The quantitative estimate of drug-likeness (QED) is 0.848. The minimum absolute atomic E-state index is 0.00280. The molecule has 3 rings (SSSR count). The fourth-order valence-electron chi connectivity index (χ4n) is 3.95. The van der Waals surface area contributed by atoms with E-state index in [4.69, 9.17) is 0 Å². The molecule has 2 heterocycles. The van der Waals surface area contributed by atoms with Crippen LogP contribution < -0.4 is 10.6 Å². The molecule has 148 valence electrons. The Hall–Kier alpha value is -2.02. The molecule has 27 heavy (non-hydrogen) atoms. The van der Waals surface area contributed by atoms with Crippen molar-refractivity contribution in [3.8, 4) is 0 Å². The number of halogens is 3. The van der Waals surface area contributed by atoms with Gasteiger partial charge in [-0.2, -0.15) is 13.2 Å². The average Bonchev–Trinajstić information content (AvgIpc) is 2.64. The predicted octanol–water partition coefficient (Wildman–Crippen LogP) is 4.06. The van der Waals surface area contributed by atoms with Crippen molar-refractivity contribution in [2.75, 3.05) is 11.6 Å². The van der Waals surface area contributed by atoms with Crippen molar-refractivity contribution in [1.29, 1.82) is 0 Å².